The maximum absolute atomic E-state index is 12.6. The fourth-order valence-electron chi connectivity index (χ4n) is 3.44. The van der Waals surface area contributed by atoms with Crippen molar-refractivity contribution in [3.63, 3.8) is 0 Å². The van der Waals surface area contributed by atoms with Crippen molar-refractivity contribution < 1.29 is 9.59 Å². The van der Waals surface area contributed by atoms with Gasteiger partial charge < -0.3 is 20.9 Å². The molecule has 0 fully saturated rings. The molecule has 0 spiro atoms. The van der Waals surface area contributed by atoms with Crippen LogP contribution in [-0.2, 0) is 17.8 Å². The molecule has 1 aromatic heterocycles. The summed E-state index contributed by atoms with van der Waals surface area (Å²) in [6.45, 7) is 1.83. The standard InChI is InChI=1S/C23H23ClN6O2/c1-30(2)22(32)20(31)17-5-3-4-6-19(17)28-21-18(24)13-26-23(29-21)27-16-8-7-15-12-25-10-9-14(15)11-16/h3-8,11,13,25H,9-10,12H2,1-2H3,(H2,26,27,28,29). The van der Waals surface area contributed by atoms with Gasteiger partial charge in [0.1, 0.15) is 5.02 Å². The second-order valence-corrected chi connectivity index (χ2v) is 8.03. The normalized spacial score (nSPS) is 12.6. The van der Waals surface area contributed by atoms with Crippen molar-refractivity contribution in [2.45, 2.75) is 13.0 Å². The van der Waals surface area contributed by atoms with Crippen LogP contribution in [0.4, 0.5) is 23.1 Å². The summed E-state index contributed by atoms with van der Waals surface area (Å²) >= 11 is 6.31. The molecule has 0 unspecified atom stereocenters. The average Bonchev–Trinajstić information content (AvgIpc) is 2.80. The molecule has 0 saturated carbocycles. The van der Waals surface area contributed by atoms with Crippen molar-refractivity contribution >= 4 is 46.4 Å². The van der Waals surface area contributed by atoms with Gasteiger partial charge in [-0.3, -0.25) is 9.59 Å². The zero-order valence-electron chi connectivity index (χ0n) is 17.8. The SMILES string of the molecule is CN(C)C(=O)C(=O)c1ccccc1Nc1nc(Nc2ccc3c(c2)CCNC3)ncc1Cl. The number of aromatic nitrogens is 2. The molecule has 0 atom stereocenters. The largest absolute Gasteiger partial charge is 0.342 e. The molecule has 4 rings (SSSR count). The number of carbonyl (C=O) groups is 2. The first-order valence-electron chi connectivity index (χ1n) is 10.2. The fourth-order valence-corrected chi connectivity index (χ4v) is 3.57. The number of hydrogen-bond acceptors (Lipinski definition) is 7. The lowest BCUT2D eigenvalue weighted by atomic mass is 10.0. The van der Waals surface area contributed by atoms with Gasteiger partial charge in [-0.1, -0.05) is 29.8 Å². The summed E-state index contributed by atoms with van der Waals surface area (Å²) < 4.78 is 0. The molecule has 1 aliphatic heterocycles. The number of fused-ring (bicyclic) bond motifs is 1. The molecule has 164 valence electrons. The van der Waals surface area contributed by atoms with E-state index in [4.69, 9.17) is 11.6 Å². The minimum absolute atomic E-state index is 0.235. The minimum Gasteiger partial charge on any atom is -0.342 e. The third-order valence-electron chi connectivity index (χ3n) is 5.12. The van der Waals surface area contributed by atoms with E-state index in [1.54, 1.807) is 24.3 Å². The summed E-state index contributed by atoms with van der Waals surface area (Å²) in [5.41, 5.74) is 4.12. The summed E-state index contributed by atoms with van der Waals surface area (Å²) in [4.78, 5) is 34.7. The van der Waals surface area contributed by atoms with E-state index in [0.717, 1.165) is 25.2 Å². The number of benzene rings is 2. The Labute approximate surface area is 191 Å². The second-order valence-electron chi connectivity index (χ2n) is 7.62. The van der Waals surface area contributed by atoms with Crippen molar-refractivity contribution in [1.82, 2.24) is 20.2 Å². The van der Waals surface area contributed by atoms with Crippen molar-refractivity contribution in [3.05, 3.63) is 70.4 Å². The predicted octanol–water partition coefficient (Wildman–Crippen LogP) is 3.53. The zero-order valence-corrected chi connectivity index (χ0v) is 18.5. The molecule has 8 nitrogen and oxygen atoms in total. The molecule has 2 heterocycles. The number of halogens is 1. The summed E-state index contributed by atoms with van der Waals surface area (Å²) in [5.74, 6) is -0.550. The molecule has 2 aromatic carbocycles. The van der Waals surface area contributed by atoms with E-state index in [1.165, 1.54) is 36.3 Å². The third kappa shape index (κ3) is 4.71. The summed E-state index contributed by atoms with van der Waals surface area (Å²) in [6.07, 6.45) is 2.45. The number of ketones is 1. The fraction of sp³-hybridized carbons (Fsp3) is 0.217. The average molecular weight is 451 g/mol. The van der Waals surface area contributed by atoms with Crippen LogP contribution in [0.1, 0.15) is 21.5 Å². The highest BCUT2D eigenvalue weighted by molar-refractivity contribution is 6.43. The molecule has 1 amide bonds. The summed E-state index contributed by atoms with van der Waals surface area (Å²) in [7, 11) is 3.07. The van der Waals surface area contributed by atoms with E-state index >= 15 is 0 Å². The van der Waals surface area contributed by atoms with E-state index in [0.29, 0.717) is 17.5 Å². The number of likely N-dealkylation sites (N-methyl/N-ethyl adjacent to an activating group) is 1. The van der Waals surface area contributed by atoms with Crippen LogP contribution in [0.3, 0.4) is 0 Å². The molecule has 0 aliphatic carbocycles. The molecular weight excluding hydrogens is 428 g/mol. The van der Waals surface area contributed by atoms with E-state index in [1.807, 2.05) is 6.07 Å². The lowest BCUT2D eigenvalue weighted by Crippen LogP contribution is -2.30. The Morgan fingerprint density at radius 2 is 1.91 bits per heavy atom. The molecule has 1 aliphatic rings. The number of hydrogen-bond donors (Lipinski definition) is 3. The third-order valence-corrected chi connectivity index (χ3v) is 5.39. The second kappa shape index (κ2) is 9.33. The molecule has 0 saturated heterocycles. The number of nitrogens with zero attached hydrogens (tertiary/aromatic N) is 3. The molecule has 32 heavy (non-hydrogen) atoms. The van der Waals surface area contributed by atoms with Crippen LogP contribution in [0.5, 0.6) is 0 Å². The van der Waals surface area contributed by atoms with Crippen molar-refractivity contribution in [2.24, 2.45) is 0 Å². The van der Waals surface area contributed by atoms with Crippen molar-refractivity contribution in [1.29, 1.82) is 0 Å². The van der Waals surface area contributed by atoms with Crippen molar-refractivity contribution in [2.75, 3.05) is 31.3 Å². The molecule has 3 aromatic rings. The minimum atomic E-state index is -0.620. The van der Waals surface area contributed by atoms with Crippen LogP contribution in [0, 0.1) is 0 Å². The number of para-hydroxylation sites is 1. The maximum Gasteiger partial charge on any atom is 0.294 e. The van der Waals surface area contributed by atoms with Crippen molar-refractivity contribution in [3.8, 4) is 0 Å². The van der Waals surface area contributed by atoms with Gasteiger partial charge in [0.25, 0.3) is 11.7 Å². The Morgan fingerprint density at radius 3 is 2.72 bits per heavy atom. The van der Waals surface area contributed by atoms with E-state index in [9.17, 15) is 9.59 Å². The van der Waals surface area contributed by atoms with Gasteiger partial charge in [0.15, 0.2) is 5.82 Å². The number of carbonyl (C=O) groups excluding carboxylic acids is 2. The highest BCUT2D eigenvalue weighted by Crippen LogP contribution is 2.28. The Balaban J connectivity index is 1.58. The molecule has 3 N–H and O–H groups in total. The molecule has 0 bridgehead atoms. The lowest BCUT2D eigenvalue weighted by molar-refractivity contribution is -0.124. The molecular formula is C23H23ClN6O2. The van der Waals surface area contributed by atoms with Gasteiger partial charge in [-0.05, 0) is 48.4 Å². The van der Waals surface area contributed by atoms with Gasteiger partial charge in [-0.2, -0.15) is 4.98 Å². The smallest absolute Gasteiger partial charge is 0.294 e. The van der Waals surface area contributed by atoms with Crippen LogP contribution in [0.15, 0.2) is 48.7 Å². The van der Waals surface area contributed by atoms with E-state index < -0.39 is 11.7 Å². The highest BCUT2D eigenvalue weighted by atomic mass is 35.5. The monoisotopic (exact) mass is 450 g/mol. The molecule has 9 heteroatoms. The highest BCUT2D eigenvalue weighted by Gasteiger charge is 2.21. The van der Waals surface area contributed by atoms with Crippen LogP contribution in [-0.4, -0.2) is 47.2 Å². The van der Waals surface area contributed by atoms with Crippen LogP contribution >= 0.6 is 11.6 Å². The topological polar surface area (TPSA) is 99.2 Å². The maximum atomic E-state index is 12.6. The molecule has 0 radical (unpaired) electrons. The van der Waals surface area contributed by atoms with Gasteiger partial charge in [0, 0.05) is 26.3 Å². The summed E-state index contributed by atoms with van der Waals surface area (Å²) in [5, 5.41) is 9.92. The van der Waals surface area contributed by atoms with Gasteiger partial charge in [0.2, 0.25) is 5.95 Å². The first-order valence-corrected chi connectivity index (χ1v) is 10.5. The van der Waals surface area contributed by atoms with Crippen LogP contribution in [0.2, 0.25) is 5.02 Å². The van der Waals surface area contributed by atoms with E-state index in [-0.39, 0.29) is 10.6 Å². The first kappa shape index (κ1) is 21.7. The Bertz CT molecular complexity index is 1180. The number of Topliss-reactive ketones (excluding diaryl/α,β-unsaturated/α-hetero) is 1. The number of amides is 1. The first-order chi connectivity index (χ1) is 15.4. The quantitative estimate of drug-likeness (QED) is 0.390. The lowest BCUT2D eigenvalue weighted by Gasteiger charge is -2.18. The Hall–Kier alpha value is -3.49. The Morgan fingerprint density at radius 1 is 1.09 bits per heavy atom. The Kier molecular flexibility index (Phi) is 6.34. The van der Waals surface area contributed by atoms with Crippen LogP contribution in [0.25, 0.3) is 0 Å². The number of nitrogens with one attached hydrogen (secondary N) is 3. The van der Waals surface area contributed by atoms with E-state index in [2.05, 4.69) is 38.1 Å². The van der Waals surface area contributed by atoms with Gasteiger partial charge in [0.05, 0.1) is 17.4 Å². The number of anilines is 4. The van der Waals surface area contributed by atoms with Gasteiger partial charge in [-0.15, -0.1) is 0 Å². The number of rotatable bonds is 6. The van der Waals surface area contributed by atoms with Gasteiger partial charge in [-0.25, -0.2) is 4.98 Å². The predicted molar refractivity (Wildman–Crippen MR) is 125 cm³/mol. The van der Waals surface area contributed by atoms with Crippen LogP contribution < -0.4 is 16.0 Å². The summed E-state index contributed by atoms with van der Waals surface area (Å²) in [6, 6.07) is 12.9. The zero-order chi connectivity index (χ0) is 22.7. The van der Waals surface area contributed by atoms with Gasteiger partial charge >= 0.3 is 0 Å².